The molecule has 1 fully saturated rings. The SMILES string of the molecule is O=C(O)CN1CCCCCCCCCN(CC(=O)O)N(CC(=O)O)N1CC(=O)O. The van der Waals surface area contributed by atoms with Crippen molar-refractivity contribution in [2.24, 2.45) is 0 Å². The molecule has 0 unspecified atom stereocenters. The highest BCUT2D eigenvalue weighted by atomic mass is 16.4. The lowest BCUT2D eigenvalue weighted by Crippen LogP contribution is -2.64. The van der Waals surface area contributed by atoms with Gasteiger partial charge < -0.3 is 20.4 Å². The van der Waals surface area contributed by atoms with Crippen LogP contribution in [-0.4, -0.2) is 104 Å². The summed E-state index contributed by atoms with van der Waals surface area (Å²) in [5.74, 6) is -5.00. The Hall–Kier alpha value is -2.28. The van der Waals surface area contributed by atoms with E-state index in [0.29, 0.717) is 12.8 Å². The standard InChI is InChI=1S/C17H30N4O8/c22-14(23)10-18-8-6-4-2-1-3-5-7-9-19(11-15(24)25)21(13-17(28)29)20(18)12-16(26)27/h1-13H2,(H,22,23)(H,24,25)(H,26,27)(H,28,29). The minimum atomic E-state index is -1.30. The third kappa shape index (κ3) is 10.2. The molecule has 1 saturated heterocycles. The lowest BCUT2D eigenvalue weighted by molar-refractivity contribution is -0.276. The number of carboxylic acid groups (broad SMARTS) is 4. The van der Waals surface area contributed by atoms with Crippen molar-refractivity contribution in [3.05, 3.63) is 0 Å². The van der Waals surface area contributed by atoms with Gasteiger partial charge in [-0.3, -0.25) is 19.2 Å². The number of carbonyl (C=O) groups is 4. The molecule has 0 aromatic heterocycles. The second-order valence-corrected chi connectivity index (χ2v) is 6.89. The molecule has 0 aromatic rings. The van der Waals surface area contributed by atoms with Crippen LogP contribution in [0.5, 0.6) is 0 Å². The van der Waals surface area contributed by atoms with Crippen LogP contribution < -0.4 is 0 Å². The predicted molar refractivity (Wildman–Crippen MR) is 99.4 cm³/mol. The topological polar surface area (TPSA) is 162 Å². The second-order valence-electron chi connectivity index (χ2n) is 6.89. The maximum absolute atomic E-state index is 11.5. The van der Waals surface area contributed by atoms with Crippen molar-refractivity contribution >= 4 is 23.9 Å². The van der Waals surface area contributed by atoms with E-state index in [0.717, 1.165) is 42.3 Å². The van der Waals surface area contributed by atoms with Gasteiger partial charge in [0.1, 0.15) is 26.2 Å². The maximum atomic E-state index is 11.5. The lowest BCUT2D eigenvalue weighted by Gasteiger charge is -2.44. The van der Waals surface area contributed by atoms with E-state index in [4.69, 9.17) is 0 Å². The average Bonchev–Trinajstić information content (AvgIpc) is 2.60. The van der Waals surface area contributed by atoms with Gasteiger partial charge in [-0.15, -0.1) is 10.2 Å². The van der Waals surface area contributed by atoms with Crippen LogP contribution in [0, 0.1) is 0 Å². The van der Waals surface area contributed by atoms with Gasteiger partial charge in [0.2, 0.25) is 0 Å². The van der Waals surface area contributed by atoms with Gasteiger partial charge in [0.15, 0.2) is 0 Å². The molecule has 0 atom stereocenters. The summed E-state index contributed by atoms with van der Waals surface area (Å²) in [5.41, 5.74) is 0. The van der Waals surface area contributed by atoms with Crippen LogP contribution in [0.25, 0.3) is 0 Å². The predicted octanol–water partition coefficient (Wildman–Crippen LogP) is 0.0221. The Morgan fingerprint density at radius 2 is 0.759 bits per heavy atom. The van der Waals surface area contributed by atoms with Gasteiger partial charge in [0.25, 0.3) is 0 Å². The largest absolute Gasteiger partial charge is 0.480 e. The lowest BCUT2D eigenvalue weighted by atomic mass is 10.1. The number of carboxylic acids is 4. The molecule has 1 aliphatic heterocycles. The molecule has 29 heavy (non-hydrogen) atoms. The minimum absolute atomic E-state index is 0.205. The zero-order valence-corrected chi connectivity index (χ0v) is 16.4. The molecule has 0 amide bonds. The minimum Gasteiger partial charge on any atom is -0.480 e. The fraction of sp³-hybridized carbons (Fsp3) is 0.765. The third-order valence-corrected chi connectivity index (χ3v) is 4.44. The third-order valence-electron chi connectivity index (χ3n) is 4.44. The highest BCUT2D eigenvalue weighted by Crippen LogP contribution is 2.15. The number of nitrogens with zero attached hydrogens (tertiary/aromatic N) is 4. The van der Waals surface area contributed by atoms with Crippen molar-refractivity contribution in [1.82, 2.24) is 20.3 Å². The number of aliphatic carboxylic acids is 4. The molecular formula is C17H30N4O8. The number of rotatable bonds is 8. The van der Waals surface area contributed by atoms with Gasteiger partial charge in [-0.2, -0.15) is 0 Å². The van der Waals surface area contributed by atoms with Crippen LogP contribution >= 0.6 is 0 Å². The molecule has 0 saturated carbocycles. The molecule has 12 nitrogen and oxygen atoms in total. The van der Waals surface area contributed by atoms with Gasteiger partial charge >= 0.3 is 23.9 Å². The van der Waals surface area contributed by atoms with E-state index >= 15 is 0 Å². The summed E-state index contributed by atoms with van der Waals surface area (Å²) in [5, 5.41) is 41.8. The summed E-state index contributed by atoms with van der Waals surface area (Å²) in [6.45, 7) is -2.06. The first-order valence-corrected chi connectivity index (χ1v) is 9.62. The van der Waals surface area contributed by atoms with Crippen molar-refractivity contribution in [3.63, 3.8) is 0 Å². The zero-order valence-electron chi connectivity index (χ0n) is 16.4. The van der Waals surface area contributed by atoms with E-state index in [1.807, 2.05) is 0 Å². The van der Waals surface area contributed by atoms with Gasteiger partial charge in [-0.05, 0) is 12.8 Å². The summed E-state index contributed by atoms with van der Waals surface area (Å²) in [7, 11) is 0. The Bertz CT molecular complexity index is 526. The molecule has 1 heterocycles. The smallest absolute Gasteiger partial charge is 0.320 e. The van der Waals surface area contributed by atoms with E-state index in [-0.39, 0.29) is 13.1 Å². The van der Waals surface area contributed by atoms with Crippen molar-refractivity contribution < 1.29 is 39.6 Å². The number of hydrazine groups is 3. The number of hydrogen-bond donors (Lipinski definition) is 4. The van der Waals surface area contributed by atoms with E-state index in [1.165, 1.54) is 10.0 Å². The second kappa shape index (κ2) is 13.0. The molecular weight excluding hydrogens is 388 g/mol. The molecule has 0 spiro atoms. The summed E-state index contributed by atoms with van der Waals surface area (Å²) >= 11 is 0. The van der Waals surface area contributed by atoms with E-state index in [2.05, 4.69) is 0 Å². The highest BCUT2D eigenvalue weighted by molar-refractivity contribution is 5.71. The van der Waals surface area contributed by atoms with Crippen LogP contribution in [-0.2, 0) is 19.2 Å². The van der Waals surface area contributed by atoms with Crippen LogP contribution in [0.1, 0.15) is 44.9 Å². The Morgan fingerprint density at radius 3 is 1.03 bits per heavy atom. The molecule has 0 radical (unpaired) electrons. The Balaban J connectivity index is 3.32. The monoisotopic (exact) mass is 418 g/mol. The maximum Gasteiger partial charge on any atom is 0.320 e. The van der Waals surface area contributed by atoms with Gasteiger partial charge in [-0.25, -0.2) is 10.0 Å². The Labute approximate surface area is 168 Å². The van der Waals surface area contributed by atoms with E-state index in [9.17, 15) is 39.6 Å². The van der Waals surface area contributed by atoms with Crippen LogP contribution in [0.3, 0.4) is 0 Å². The summed E-state index contributed by atoms with van der Waals surface area (Å²) in [4.78, 5) is 45.6. The van der Waals surface area contributed by atoms with E-state index in [1.54, 1.807) is 0 Å². The molecule has 1 rings (SSSR count). The Kier molecular flexibility index (Phi) is 11.1. The molecule has 12 heteroatoms. The molecule has 4 N–H and O–H groups in total. The first-order chi connectivity index (χ1) is 13.7. The van der Waals surface area contributed by atoms with Crippen molar-refractivity contribution in [3.8, 4) is 0 Å². The van der Waals surface area contributed by atoms with Crippen LogP contribution in [0.4, 0.5) is 0 Å². The molecule has 0 aromatic carbocycles. The van der Waals surface area contributed by atoms with E-state index < -0.39 is 50.1 Å². The summed E-state index contributed by atoms with van der Waals surface area (Å²) < 4.78 is 0. The number of hydrogen-bond acceptors (Lipinski definition) is 8. The quantitative estimate of drug-likeness (QED) is 0.419. The Morgan fingerprint density at radius 1 is 0.483 bits per heavy atom. The van der Waals surface area contributed by atoms with Gasteiger partial charge in [0.05, 0.1) is 0 Å². The van der Waals surface area contributed by atoms with Crippen molar-refractivity contribution in [2.45, 2.75) is 44.9 Å². The first kappa shape index (κ1) is 24.8. The summed E-state index contributed by atoms with van der Waals surface area (Å²) in [6, 6.07) is 0. The average molecular weight is 418 g/mol. The van der Waals surface area contributed by atoms with Crippen LogP contribution in [0.2, 0.25) is 0 Å². The molecule has 166 valence electrons. The van der Waals surface area contributed by atoms with Gasteiger partial charge in [-0.1, -0.05) is 32.1 Å². The molecule has 1 aliphatic rings. The fourth-order valence-corrected chi connectivity index (χ4v) is 3.23. The van der Waals surface area contributed by atoms with Crippen LogP contribution in [0.15, 0.2) is 0 Å². The molecule has 0 bridgehead atoms. The van der Waals surface area contributed by atoms with Crippen molar-refractivity contribution in [1.29, 1.82) is 0 Å². The molecule has 0 aliphatic carbocycles. The summed E-state index contributed by atoms with van der Waals surface area (Å²) in [6.07, 6.45) is 5.76. The fourth-order valence-electron chi connectivity index (χ4n) is 3.23. The normalized spacial score (nSPS) is 19.6. The zero-order chi connectivity index (χ0) is 21.8. The highest BCUT2D eigenvalue weighted by Gasteiger charge is 2.32. The van der Waals surface area contributed by atoms with Crippen molar-refractivity contribution in [2.75, 3.05) is 39.3 Å². The first-order valence-electron chi connectivity index (χ1n) is 9.62. The van der Waals surface area contributed by atoms with Gasteiger partial charge in [0, 0.05) is 13.1 Å².